The number of aromatic nitrogens is 3. The fourth-order valence-electron chi connectivity index (χ4n) is 1.93. The molecule has 1 aromatic heterocycles. The number of rotatable bonds is 3. The molecule has 0 spiro atoms. The molecule has 2 heterocycles. The quantitative estimate of drug-likeness (QED) is 0.638. The topological polar surface area (TPSA) is 73.6 Å². The minimum absolute atomic E-state index is 0.203. The van der Waals surface area contributed by atoms with Gasteiger partial charge in [-0.1, -0.05) is 0 Å². The van der Waals surface area contributed by atoms with E-state index in [1.165, 1.54) is 12.8 Å². The number of nitrogens with zero attached hydrogens (tertiary/aromatic N) is 1. The number of piperidine rings is 1. The lowest BCUT2D eigenvalue weighted by Crippen LogP contribution is -2.27. The number of nitrogens with one attached hydrogen (secondary N) is 3. The van der Waals surface area contributed by atoms with E-state index in [9.17, 15) is 4.79 Å². The van der Waals surface area contributed by atoms with Crippen molar-refractivity contribution in [2.45, 2.75) is 25.7 Å². The fraction of sp³-hybridized carbons (Fsp3) is 0.778. The average Bonchev–Trinajstić information content (AvgIpc) is 2.63. The second kappa shape index (κ2) is 4.41. The number of aromatic amines is 2. The van der Waals surface area contributed by atoms with E-state index in [0.29, 0.717) is 0 Å². The highest BCUT2D eigenvalue weighted by Gasteiger charge is 2.13. The Balaban J connectivity index is 1.78. The van der Waals surface area contributed by atoms with Gasteiger partial charge in [0.25, 0.3) is 0 Å². The zero-order valence-electron chi connectivity index (χ0n) is 8.18. The highest BCUT2D eigenvalue weighted by Crippen LogP contribution is 2.16. The van der Waals surface area contributed by atoms with Crippen molar-refractivity contribution in [1.29, 1.82) is 0 Å². The van der Waals surface area contributed by atoms with Crippen LogP contribution in [0.15, 0.2) is 4.79 Å². The summed E-state index contributed by atoms with van der Waals surface area (Å²) in [5.41, 5.74) is -0.203. The first-order chi connectivity index (χ1) is 6.84. The van der Waals surface area contributed by atoms with Crippen molar-refractivity contribution in [3.8, 4) is 0 Å². The Hall–Kier alpha value is -1.10. The normalized spacial score (nSPS) is 18.6. The van der Waals surface area contributed by atoms with Crippen molar-refractivity contribution in [1.82, 2.24) is 20.5 Å². The van der Waals surface area contributed by atoms with E-state index in [1.807, 2.05) is 0 Å². The summed E-state index contributed by atoms with van der Waals surface area (Å²) >= 11 is 0. The third kappa shape index (κ3) is 2.45. The third-order valence-electron chi connectivity index (χ3n) is 2.80. The number of hydrogen-bond acceptors (Lipinski definition) is 3. The summed E-state index contributed by atoms with van der Waals surface area (Å²) in [4.78, 5) is 13.4. The van der Waals surface area contributed by atoms with Crippen LogP contribution in [0, 0.1) is 5.92 Å². The molecule has 1 fully saturated rings. The molecule has 0 aromatic carbocycles. The Morgan fingerprint density at radius 1 is 1.36 bits per heavy atom. The average molecular weight is 196 g/mol. The lowest BCUT2D eigenvalue weighted by atomic mass is 9.93. The highest BCUT2D eigenvalue weighted by molar-refractivity contribution is 4.82. The highest BCUT2D eigenvalue weighted by atomic mass is 16.1. The van der Waals surface area contributed by atoms with Gasteiger partial charge < -0.3 is 5.32 Å². The first kappa shape index (κ1) is 9.45. The molecule has 78 valence electrons. The maximum absolute atomic E-state index is 10.8. The molecule has 0 saturated carbocycles. The lowest BCUT2D eigenvalue weighted by Gasteiger charge is -2.21. The van der Waals surface area contributed by atoms with Crippen LogP contribution >= 0.6 is 0 Å². The van der Waals surface area contributed by atoms with E-state index in [-0.39, 0.29) is 5.69 Å². The van der Waals surface area contributed by atoms with Gasteiger partial charge in [-0.25, -0.2) is 9.89 Å². The molecule has 0 radical (unpaired) electrons. The van der Waals surface area contributed by atoms with Gasteiger partial charge in [-0.05, 0) is 38.3 Å². The Labute approximate surface area is 82.3 Å². The second-order valence-electron chi connectivity index (χ2n) is 3.86. The summed E-state index contributed by atoms with van der Waals surface area (Å²) in [6, 6.07) is 0. The van der Waals surface area contributed by atoms with Crippen molar-refractivity contribution in [3.05, 3.63) is 16.3 Å². The lowest BCUT2D eigenvalue weighted by molar-refractivity contribution is 0.352. The molecule has 2 rings (SSSR count). The number of hydrogen-bond donors (Lipinski definition) is 3. The van der Waals surface area contributed by atoms with Gasteiger partial charge in [-0.2, -0.15) is 5.10 Å². The van der Waals surface area contributed by atoms with Crippen LogP contribution in [0.5, 0.6) is 0 Å². The Kier molecular flexibility index (Phi) is 2.98. The van der Waals surface area contributed by atoms with Crippen molar-refractivity contribution in [2.24, 2.45) is 5.92 Å². The standard InChI is InChI=1S/C9H16N4O/c14-9-11-8(12-13-9)2-1-7-3-5-10-6-4-7/h7,10H,1-6H2,(H2,11,12,13,14). The minimum Gasteiger partial charge on any atom is -0.317 e. The van der Waals surface area contributed by atoms with Gasteiger partial charge in [0, 0.05) is 6.42 Å². The van der Waals surface area contributed by atoms with Crippen LogP contribution < -0.4 is 11.0 Å². The van der Waals surface area contributed by atoms with E-state index in [4.69, 9.17) is 0 Å². The first-order valence-corrected chi connectivity index (χ1v) is 5.19. The Morgan fingerprint density at radius 2 is 2.14 bits per heavy atom. The molecule has 0 bridgehead atoms. The number of H-pyrrole nitrogens is 2. The molecule has 0 amide bonds. The smallest absolute Gasteiger partial charge is 0.317 e. The summed E-state index contributed by atoms with van der Waals surface area (Å²) in [5.74, 6) is 1.57. The zero-order valence-corrected chi connectivity index (χ0v) is 8.18. The predicted octanol–water partition coefficient (Wildman–Crippen LogP) is 0.0302. The number of aryl methyl sites for hydroxylation is 1. The van der Waals surface area contributed by atoms with Crippen LogP contribution in [0.2, 0.25) is 0 Å². The van der Waals surface area contributed by atoms with Crippen LogP contribution in [-0.2, 0) is 6.42 Å². The molecule has 1 aliphatic heterocycles. The largest absolute Gasteiger partial charge is 0.340 e. The van der Waals surface area contributed by atoms with Gasteiger partial charge in [0.05, 0.1) is 0 Å². The molecule has 0 aliphatic carbocycles. The molecule has 0 atom stereocenters. The molecular formula is C9H16N4O. The molecule has 5 heteroatoms. The fourth-order valence-corrected chi connectivity index (χ4v) is 1.93. The molecule has 1 aliphatic rings. The van der Waals surface area contributed by atoms with E-state index < -0.39 is 0 Å². The molecule has 5 nitrogen and oxygen atoms in total. The molecule has 1 saturated heterocycles. The minimum atomic E-state index is -0.203. The Bertz CT molecular complexity index is 324. The summed E-state index contributed by atoms with van der Waals surface area (Å²) in [7, 11) is 0. The predicted molar refractivity (Wildman–Crippen MR) is 53.1 cm³/mol. The molecule has 0 unspecified atom stereocenters. The Morgan fingerprint density at radius 3 is 2.79 bits per heavy atom. The van der Waals surface area contributed by atoms with Crippen molar-refractivity contribution in [3.63, 3.8) is 0 Å². The van der Waals surface area contributed by atoms with Gasteiger partial charge in [-0.3, -0.25) is 4.98 Å². The van der Waals surface area contributed by atoms with Gasteiger partial charge in [-0.15, -0.1) is 0 Å². The van der Waals surface area contributed by atoms with E-state index in [0.717, 1.165) is 37.7 Å². The van der Waals surface area contributed by atoms with Gasteiger partial charge in [0.2, 0.25) is 0 Å². The van der Waals surface area contributed by atoms with Crippen molar-refractivity contribution >= 4 is 0 Å². The molecule has 14 heavy (non-hydrogen) atoms. The van der Waals surface area contributed by atoms with Gasteiger partial charge in [0.1, 0.15) is 5.82 Å². The third-order valence-corrected chi connectivity index (χ3v) is 2.80. The van der Waals surface area contributed by atoms with E-state index in [1.54, 1.807) is 0 Å². The summed E-state index contributed by atoms with van der Waals surface area (Å²) in [6.07, 6.45) is 4.50. The van der Waals surface area contributed by atoms with Crippen LogP contribution in [0.25, 0.3) is 0 Å². The van der Waals surface area contributed by atoms with Crippen LogP contribution in [-0.4, -0.2) is 28.3 Å². The van der Waals surface area contributed by atoms with Gasteiger partial charge >= 0.3 is 5.69 Å². The monoisotopic (exact) mass is 196 g/mol. The maximum Gasteiger partial charge on any atom is 0.340 e. The van der Waals surface area contributed by atoms with Crippen LogP contribution in [0.3, 0.4) is 0 Å². The summed E-state index contributed by atoms with van der Waals surface area (Å²) in [6.45, 7) is 2.25. The second-order valence-corrected chi connectivity index (χ2v) is 3.86. The maximum atomic E-state index is 10.8. The van der Waals surface area contributed by atoms with E-state index >= 15 is 0 Å². The molecule has 1 aromatic rings. The SMILES string of the molecule is O=c1[nH]nc(CCC2CCNCC2)[nH]1. The van der Waals surface area contributed by atoms with Crippen molar-refractivity contribution in [2.75, 3.05) is 13.1 Å². The van der Waals surface area contributed by atoms with Crippen LogP contribution in [0.1, 0.15) is 25.1 Å². The van der Waals surface area contributed by atoms with E-state index in [2.05, 4.69) is 20.5 Å². The summed E-state index contributed by atoms with van der Waals surface area (Å²) < 4.78 is 0. The summed E-state index contributed by atoms with van der Waals surface area (Å²) in [5, 5.41) is 9.61. The van der Waals surface area contributed by atoms with Gasteiger partial charge in [0.15, 0.2) is 0 Å². The first-order valence-electron chi connectivity index (χ1n) is 5.19. The molecular weight excluding hydrogens is 180 g/mol. The van der Waals surface area contributed by atoms with Crippen molar-refractivity contribution < 1.29 is 0 Å². The zero-order chi connectivity index (χ0) is 9.80. The molecule has 3 N–H and O–H groups in total. The van der Waals surface area contributed by atoms with Crippen LogP contribution in [0.4, 0.5) is 0 Å².